The van der Waals surface area contributed by atoms with Crippen LogP contribution >= 0.6 is 11.3 Å². The zero-order chi connectivity index (χ0) is 21.5. The van der Waals surface area contributed by atoms with E-state index in [1.165, 1.54) is 5.56 Å². The van der Waals surface area contributed by atoms with E-state index >= 15 is 0 Å². The first-order valence-corrected chi connectivity index (χ1v) is 11.0. The van der Waals surface area contributed by atoms with E-state index in [4.69, 9.17) is 5.26 Å². The van der Waals surface area contributed by atoms with Gasteiger partial charge in [-0.05, 0) is 32.8 Å². The molecule has 3 aromatic rings. The molecule has 1 N–H and O–H groups in total. The zero-order valence-corrected chi connectivity index (χ0v) is 18.6. The molecule has 7 heteroatoms. The first-order valence-electron chi connectivity index (χ1n) is 10.2. The summed E-state index contributed by atoms with van der Waals surface area (Å²) in [6, 6.07) is 10.5. The third-order valence-electron chi connectivity index (χ3n) is 5.12. The van der Waals surface area contributed by atoms with Gasteiger partial charge < -0.3 is 5.32 Å². The molecule has 0 radical (unpaired) electrons. The Bertz CT molecular complexity index is 1040. The van der Waals surface area contributed by atoms with Gasteiger partial charge in [-0.3, -0.25) is 9.48 Å². The molecule has 0 unspecified atom stereocenters. The van der Waals surface area contributed by atoms with E-state index in [1.54, 1.807) is 11.3 Å². The van der Waals surface area contributed by atoms with Crippen molar-refractivity contribution in [3.63, 3.8) is 0 Å². The maximum absolute atomic E-state index is 12.3. The number of amides is 1. The molecule has 30 heavy (non-hydrogen) atoms. The lowest BCUT2D eigenvalue weighted by atomic mass is 10.1. The second kappa shape index (κ2) is 10.2. The minimum atomic E-state index is 0.0348. The molecule has 0 aliphatic carbocycles. The maximum atomic E-state index is 12.3. The number of rotatable bonds is 9. The highest BCUT2D eigenvalue weighted by molar-refractivity contribution is 7.13. The number of nitriles is 1. The monoisotopic (exact) mass is 421 g/mol. The lowest BCUT2D eigenvalue weighted by molar-refractivity contribution is -0.121. The van der Waals surface area contributed by atoms with Crippen molar-refractivity contribution in [1.82, 2.24) is 20.1 Å². The standard InChI is InChI=1S/C23H27N5OS/c1-16-5-7-19(8-6-16)23-26-20(15-30-23)11-13-25-22(29)10-9-21-17(2)27-28(18(21)3)14-4-12-24/h5-8,15H,4,9-11,13-14H2,1-3H3,(H,25,29). The third-order valence-corrected chi connectivity index (χ3v) is 6.06. The number of nitrogens with zero attached hydrogens (tertiary/aromatic N) is 4. The first kappa shape index (κ1) is 21.7. The number of carbonyl (C=O) groups excluding carboxylic acids is 1. The van der Waals surface area contributed by atoms with E-state index in [-0.39, 0.29) is 5.91 Å². The van der Waals surface area contributed by atoms with Gasteiger partial charge in [0.15, 0.2) is 0 Å². The van der Waals surface area contributed by atoms with Crippen LogP contribution in [0.1, 0.15) is 41.1 Å². The van der Waals surface area contributed by atoms with Crippen LogP contribution in [0.4, 0.5) is 0 Å². The number of nitrogens with one attached hydrogen (secondary N) is 1. The Hall–Kier alpha value is -2.98. The van der Waals surface area contributed by atoms with Crippen molar-refractivity contribution in [3.8, 4) is 16.6 Å². The van der Waals surface area contributed by atoms with Gasteiger partial charge >= 0.3 is 0 Å². The summed E-state index contributed by atoms with van der Waals surface area (Å²) in [5.74, 6) is 0.0348. The second-order valence-electron chi connectivity index (χ2n) is 7.39. The average Bonchev–Trinajstić information content (AvgIpc) is 3.30. The molecular formula is C23H27N5OS. The van der Waals surface area contributed by atoms with Crippen molar-refractivity contribution in [1.29, 1.82) is 5.26 Å². The predicted octanol–water partition coefficient (Wildman–Crippen LogP) is 4.14. The first-order chi connectivity index (χ1) is 14.5. The van der Waals surface area contributed by atoms with E-state index in [1.807, 2.05) is 18.5 Å². The number of thiazole rings is 1. The number of aryl methyl sites for hydroxylation is 3. The van der Waals surface area contributed by atoms with E-state index in [9.17, 15) is 4.79 Å². The van der Waals surface area contributed by atoms with Crippen LogP contribution in [0.15, 0.2) is 29.6 Å². The Labute approximate surface area is 181 Å². The minimum Gasteiger partial charge on any atom is -0.356 e. The smallest absolute Gasteiger partial charge is 0.220 e. The molecule has 156 valence electrons. The summed E-state index contributed by atoms with van der Waals surface area (Å²) in [6.07, 6.45) is 2.24. The molecule has 2 heterocycles. The van der Waals surface area contributed by atoms with Crippen LogP contribution in [0.5, 0.6) is 0 Å². The zero-order valence-electron chi connectivity index (χ0n) is 17.7. The van der Waals surface area contributed by atoms with E-state index in [0.29, 0.717) is 32.4 Å². The summed E-state index contributed by atoms with van der Waals surface area (Å²) in [4.78, 5) is 17.0. The van der Waals surface area contributed by atoms with Crippen LogP contribution in [-0.4, -0.2) is 27.2 Å². The van der Waals surface area contributed by atoms with Gasteiger partial charge in [-0.2, -0.15) is 10.4 Å². The van der Waals surface area contributed by atoms with Crippen LogP contribution in [0, 0.1) is 32.1 Å². The van der Waals surface area contributed by atoms with Gasteiger partial charge in [0.05, 0.1) is 30.4 Å². The van der Waals surface area contributed by atoms with Crippen LogP contribution in [-0.2, 0) is 24.2 Å². The predicted molar refractivity (Wildman–Crippen MR) is 119 cm³/mol. The van der Waals surface area contributed by atoms with E-state index in [0.717, 1.165) is 39.6 Å². The molecule has 0 aliphatic rings. The van der Waals surface area contributed by atoms with Crippen molar-refractivity contribution in [3.05, 3.63) is 57.9 Å². The topological polar surface area (TPSA) is 83.6 Å². The van der Waals surface area contributed by atoms with E-state index < -0.39 is 0 Å². The number of benzene rings is 1. The summed E-state index contributed by atoms with van der Waals surface area (Å²) in [7, 11) is 0. The number of hydrogen-bond acceptors (Lipinski definition) is 5. The SMILES string of the molecule is Cc1ccc(-c2nc(CCNC(=O)CCc3c(C)nn(CCC#N)c3C)cs2)cc1. The highest BCUT2D eigenvalue weighted by atomic mass is 32.1. The molecule has 0 aliphatic heterocycles. The molecular weight excluding hydrogens is 394 g/mol. The summed E-state index contributed by atoms with van der Waals surface area (Å²) in [5.41, 5.74) is 6.44. The van der Waals surface area contributed by atoms with Gasteiger partial charge in [0.25, 0.3) is 0 Å². The Morgan fingerprint density at radius 3 is 2.70 bits per heavy atom. The van der Waals surface area contributed by atoms with Crippen LogP contribution in [0.3, 0.4) is 0 Å². The Balaban J connectivity index is 1.45. The quantitative estimate of drug-likeness (QED) is 0.563. The maximum Gasteiger partial charge on any atom is 0.220 e. The molecule has 2 aromatic heterocycles. The van der Waals surface area contributed by atoms with Crippen LogP contribution < -0.4 is 5.32 Å². The lowest BCUT2D eigenvalue weighted by Gasteiger charge is -2.05. The molecule has 0 spiro atoms. The normalized spacial score (nSPS) is 10.7. The highest BCUT2D eigenvalue weighted by Gasteiger charge is 2.13. The van der Waals surface area contributed by atoms with Crippen molar-refractivity contribution < 1.29 is 4.79 Å². The molecule has 3 rings (SSSR count). The number of aromatic nitrogens is 3. The fraction of sp³-hybridized carbons (Fsp3) is 0.391. The van der Waals surface area contributed by atoms with Gasteiger partial charge in [0.2, 0.25) is 5.91 Å². The molecule has 0 saturated carbocycles. The van der Waals surface area contributed by atoms with Gasteiger partial charge in [-0.15, -0.1) is 11.3 Å². The largest absolute Gasteiger partial charge is 0.356 e. The van der Waals surface area contributed by atoms with Gasteiger partial charge in [-0.25, -0.2) is 4.98 Å². The molecule has 6 nitrogen and oxygen atoms in total. The number of hydrogen-bond donors (Lipinski definition) is 1. The van der Waals surface area contributed by atoms with Crippen LogP contribution in [0.2, 0.25) is 0 Å². The van der Waals surface area contributed by atoms with Crippen molar-refractivity contribution in [2.24, 2.45) is 0 Å². The van der Waals surface area contributed by atoms with E-state index in [2.05, 4.69) is 58.0 Å². The summed E-state index contributed by atoms with van der Waals surface area (Å²) >= 11 is 1.63. The summed E-state index contributed by atoms with van der Waals surface area (Å²) in [6.45, 7) is 7.20. The van der Waals surface area contributed by atoms with Crippen molar-refractivity contribution in [2.75, 3.05) is 6.54 Å². The Morgan fingerprint density at radius 2 is 1.97 bits per heavy atom. The average molecular weight is 422 g/mol. The van der Waals surface area contributed by atoms with Gasteiger partial charge in [-0.1, -0.05) is 29.8 Å². The molecule has 0 fully saturated rings. The molecule has 0 saturated heterocycles. The van der Waals surface area contributed by atoms with Crippen molar-refractivity contribution in [2.45, 2.75) is 53.0 Å². The fourth-order valence-electron chi connectivity index (χ4n) is 3.38. The van der Waals surface area contributed by atoms with Gasteiger partial charge in [0.1, 0.15) is 5.01 Å². The van der Waals surface area contributed by atoms with Gasteiger partial charge in [0, 0.05) is 36.0 Å². The summed E-state index contributed by atoms with van der Waals surface area (Å²) in [5, 5.41) is 19.3. The minimum absolute atomic E-state index is 0.0348. The Kier molecular flexibility index (Phi) is 7.36. The number of carbonyl (C=O) groups is 1. The van der Waals surface area contributed by atoms with Crippen molar-refractivity contribution >= 4 is 17.2 Å². The fourth-order valence-corrected chi connectivity index (χ4v) is 4.24. The Morgan fingerprint density at radius 1 is 1.20 bits per heavy atom. The molecule has 1 amide bonds. The third kappa shape index (κ3) is 5.55. The molecule has 0 atom stereocenters. The summed E-state index contributed by atoms with van der Waals surface area (Å²) < 4.78 is 1.86. The van der Waals surface area contributed by atoms with Crippen LogP contribution in [0.25, 0.3) is 10.6 Å². The lowest BCUT2D eigenvalue weighted by Crippen LogP contribution is -2.26. The highest BCUT2D eigenvalue weighted by Crippen LogP contribution is 2.24. The second-order valence-corrected chi connectivity index (χ2v) is 8.25. The molecule has 0 bridgehead atoms. The molecule has 1 aromatic carbocycles.